The predicted molar refractivity (Wildman–Crippen MR) is 61.9 cm³/mol. The lowest BCUT2D eigenvalue weighted by Gasteiger charge is -2.25. The molecular formula is C13H20O3. The minimum absolute atomic E-state index is 0.0222. The molecule has 1 rings (SSSR count). The smallest absolute Gasteiger partial charge is 0.319 e. The van der Waals surface area contributed by atoms with Crippen molar-refractivity contribution < 1.29 is 14.3 Å². The van der Waals surface area contributed by atoms with Crippen LogP contribution in [0.15, 0.2) is 12.2 Å². The van der Waals surface area contributed by atoms with E-state index in [2.05, 4.69) is 6.58 Å². The summed E-state index contributed by atoms with van der Waals surface area (Å²) in [5, 5.41) is 0. The van der Waals surface area contributed by atoms with Crippen LogP contribution in [0, 0.1) is 11.3 Å². The van der Waals surface area contributed by atoms with E-state index in [0.717, 1.165) is 12.0 Å². The van der Waals surface area contributed by atoms with Gasteiger partial charge in [0.1, 0.15) is 5.41 Å². The number of Topliss-reactive ketones (excluding diaryl/α,β-unsaturated/α-hetero) is 1. The third-order valence-corrected chi connectivity index (χ3v) is 3.19. The fourth-order valence-electron chi connectivity index (χ4n) is 2.42. The van der Waals surface area contributed by atoms with Gasteiger partial charge >= 0.3 is 5.97 Å². The van der Waals surface area contributed by atoms with Gasteiger partial charge in [-0.3, -0.25) is 9.59 Å². The van der Waals surface area contributed by atoms with Crippen molar-refractivity contribution in [2.75, 3.05) is 6.61 Å². The van der Waals surface area contributed by atoms with E-state index in [4.69, 9.17) is 4.74 Å². The molecule has 1 aliphatic rings. The third kappa shape index (κ3) is 2.18. The third-order valence-electron chi connectivity index (χ3n) is 3.19. The second kappa shape index (κ2) is 4.81. The summed E-state index contributed by atoms with van der Waals surface area (Å²) in [5.74, 6) is -0.384. The van der Waals surface area contributed by atoms with Crippen molar-refractivity contribution in [3.05, 3.63) is 12.2 Å². The molecule has 1 aliphatic carbocycles. The summed E-state index contributed by atoms with van der Waals surface area (Å²) in [4.78, 5) is 24.1. The van der Waals surface area contributed by atoms with Crippen molar-refractivity contribution in [3.63, 3.8) is 0 Å². The number of esters is 1. The molecule has 0 aromatic rings. The summed E-state index contributed by atoms with van der Waals surface area (Å²) < 4.78 is 5.05. The van der Waals surface area contributed by atoms with Crippen LogP contribution in [0.25, 0.3) is 0 Å². The van der Waals surface area contributed by atoms with Crippen molar-refractivity contribution in [2.24, 2.45) is 11.3 Å². The summed E-state index contributed by atoms with van der Waals surface area (Å²) in [6.07, 6.45) is 1.79. The van der Waals surface area contributed by atoms with Gasteiger partial charge in [0.15, 0.2) is 5.78 Å². The summed E-state index contributed by atoms with van der Waals surface area (Å²) in [5.41, 5.74) is -0.0862. The van der Waals surface area contributed by atoms with Crippen LogP contribution in [0.4, 0.5) is 0 Å². The highest BCUT2D eigenvalue weighted by Gasteiger charge is 2.52. The first-order valence-corrected chi connectivity index (χ1v) is 5.80. The molecule has 90 valence electrons. The molecule has 0 bridgehead atoms. The number of rotatable bonds is 4. The van der Waals surface area contributed by atoms with Gasteiger partial charge in [0, 0.05) is 5.92 Å². The van der Waals surface area contributed by atoms with E-state index in [1.807, 2.05) is 13.8 Å². The van der Waals surface area contributed by atoms with Gasteiger partial charge < -0.3 is 4.74 Å². The van der Waals surface area contributed by atoms with Crippen LogP contribution in [0.5, 0.6) is 0 Å². The van der Waals surface area contributed by atoms with Crippen LogP contribution in [0.1, 0.15) is 40.0 Å². The number of hydrogen-bond donors (Lipinski definition) is 0. The molecule has 1 fully saturated rings. The first-order valence-electron chi connectivity index (χ1n) is 5.80. The molecular weight excluding hydrogens is 204 g/mol. The van der Waals surface area contributed by atoms with Crippen LogP contribution in [-0.4, -0.2) is 18.4 Å². The first-order chi connectivity index (χ1) is 7.44. The molecule has 1 saturated carbocycles. The maximum atomic E-state index is 12.1. The molecule has 0 aromatic heterocycles. The number of hydrogen-bond acceptors (Lipinski definition) is 3. The molecule has 0 aliphatic heterocycles. The average molecular weight is 224 g/mol. The fourth-order valence-corrected chi connectivity index (χ4v) is 2.42. The van der Waals surface area contributed by atoms with Crippen LogP contribution in [-0.2, 0) is 14.3 Å². The molecule has 2 atom stereocenters. The van der Waals surface area contributed by atoms with Crippen molar-refractivity contribution >= 4 is 11.8 Å². The molecule has 3 heteroatoms. The first kappa shape index (κ1) is 12.9. The van der Waals surface area contributed by atoms with Gasteiger partial charge in [0.25, 0.3) is 0 Å². The minimum atomic E-state index is -0.943. The quantitative estimate of drug-likeness (QED) is 0.418. The number of carbonyl (C=O) groups is 2. The van der Waals surface area contributed by atoms with Gasteiger partial charge in [-0.2, -0.15) is 0 Å². The van der Waals surface area contributed by atoms with Crippen molar-refractivity contribution in [3.8, 4) is 0 Å². The van der Waals surface area contributed by atoms with Gasteiger partial charge in [0.05, 0.1) is 6.61 Å². The number of allylic oxidation sites excluding steroid dienone is 1. The molecule has 0 amide bonds. The molecule has 0 saturated heterocycles. The second-order valence-electron chi connectivity index (χ2n) is 4.74. The lowest BCUT2D eigenvalue weighted by atomic mass is 9.78. The van der Waals surface area contributed by atoms with Crippen molar-refractivity contribution in [2.45, 2.75) is 40.0 Å². The highest BCUT2D eigenvalue weighted by atomic mass is 16.5. The van der Waals surface area contributed by atoms with E-state index in [9.17, 15) is 9.59 Å². The Bertz CT molecular complexity index is 319. The molecule has 0 radical (unpaired) electrons. The molecule has 0 spiro atoms. The van der Waals surface area contributed by atoms with Crippen LogP contribution in [0.3, 0.4) is 0 Å². The SMILES string of the molecule is C=C(C)C[C@]1(C(=O)OCC)CC[C@H](C)C1=O. The van der Waals surface area contributed by atoms with Gasteiger partial charge in [-0.05, 0) is 33.1 Å². The normalized spacial score (nSPS) is 29.2. The van der Waals surface area contributed by atoms with Crippen molar-refractivity contribution in [1.29, 1.82) is 0 Å². The van der Waals surface area contributed by atoms with E-state index in [1.54, 1.807) is 6.92 Å². The zero-order valence-corrected chi connectivity index (χ0v) is 10.3. The van der Waals surface area contributed by atoms with E-state index in [1.165, 1.54) is 0 Å². The highest BCUT2D eigenvalue weighted by molar-refractivity contribution is 6.06. The van der Waals surface area contributed by atoms with Gasteiger partial charge in [-0.25, -0.2) is 0 Å². The molecule has 0 heterocycles. The molecule has 3 nitrogen and oxygen atoms in total. The Kier molecular flexibility index (Phi) is 3.89. The molecule has 0 N–H and O–H groups in total. The van der Waals surface area contributed by atoms with Crippen molar-refractivity contribution in [1.82, 2.24) is 0 Å². The highest BCUT2D eigenvalue weighted by Crippen LogP contribution is 2.43. The number of carbonyl (C=O) groups excluding carboxylic acids is 2. The number of ketones is 1. The molecule has 16 heavy (non-hydrogen) atoms. The average Bonchev–Trinajstić information content (AvgIpc) is 2.47. The maximum Gasteiger partial charge on any atom is 0.319 e. The topological polar surface area (TPSA) is 43.4 Å². The molecule has 0 aromatic carbocycles. The lowest BCUT2D eigenvalue weighted by molar-refractivity contribution is -0.159. The van der Waals surface area contributed by atoms with Crippen LogP contribution in [0.2, 0.25) is 0 Å². The molecule has 0 unspecified atom stereocenters. The largest absolute Gasteiger partial charge is 0.465 e. The Morgan fingerprint density at radius 3 is 2.62 bits per heavy atom. The van der Waals surface area contributed by atoms with E-state index >= 15 is 0 Å². The van der Waals surface area contributed by atoms with E-state index in [-0.39, 0.29) is 17.7 Å². The van der Waals surface area contributed by atoms with Gasteiger partial charge in [0.2, 0.25) is 0 Å². The predicted octanol–water partition coefficient (Wildman–Crippen LogP) is 2.50. The van der Waals surface area contributed by atoms with Gasteiger partial charge in [-0.15, -0.1) is 6.58 Å². The van der Waals surface area contributed by atoms with Crippen LogP contribution >= 0.6 is 0 Å². The standard InChI is InChI=1S/C13H20O3/c1-5-16-12(15)13(8-9(2)3)7-6-10(4)11(13)14/h10H,2,5-8H2,1,3-4H3/t10-,13+/m0/s1. The zero-order chi connectivity index (χ0) is 12.3. The second-order valence-corrected chi connectivity index (χ2v) is 4.74. The minimum Gasteiger partial charge on any atom is -0.465 e. The monoisotopic (exact) mass is 224 g/mol. The van der Waals surface area contributed by atoms with E-state index < -0.39 is 5.41 Å². The fraction of sp³-hybridized carbons (Fsp3) is 0.692. The summed E-state index contributed by atoms with van der Waals surface area (Å²) >= 11 is 0. The maximum absolute atomic E-state index is 12.1. The zero-order valence-electron chi connectivity index (χ0n) is 10.3. The summed E-state index contributed by atoms with van der Waals surface area (Å²) in [7, 11) is 0. The van der Waals surface area contributed by atoms with Gasteiger partial charge in [-0.1, -0.05) is 12.5 Å². The lowest BCUT2D eigenvalue weighted by Crippen LogP contribution is -2.38. The van der Waals surface area contributed by atoms with Crippen LogP contribution < -0.4 is 0 Å². The van der Waals surface area contributed by atoms with E-state index in [0.29, 0.717) is 19.4 Å². The summed E-state index contributed by atoms with van der Waals surface area (Å²) in [6, 6.07) is 0. The summed E-state index contributed by atoms with van der Waals surface area (Å²) in [6.45, 7) is 9.60. The Morgan fingerprint density at radius 1 is 1.62 bits per heavy atom. The Morgan fingerprint density at radius 2 is 2.25 bits per heavy atom. The Labute approximate surface area is 96.9 Å². The Hall–Kier alpha value is -1.12. The number of ether oxygens (including phenoxy) is 1. The Balaban J connectivity index is 2.98.